The molecule has 5 rings (SSSR count). The molecule has 2 fully saturated rings. The summed E-state index contributed by atoms with van der Waals surface area (Å²) in [4.78, 5) is 33.4. The van der Waals surface area contributed by atoms with Crippen molar-refractivity contribution >= 4 is 16.9 Å². The molecule has 1 aliphatic heterocycles. The molecule has 3 aromatic rings. The molecule has 1 aliphatic carbocycles. The number of aromatic hydroxyl groups is 1. The lowest BCUT2D eigenvalue weighted by atomic mass is 9.82. The van der Waals surface area contributed by atoms with E-state index in [1.807, 2.05) is 0 Å². The fourth-order valence-corrected chi connectivity index (χ4v) is 4.97. The molecule has 1 aromatic carbocycles. The van der Waals surface area contributed by atoms with Crippen LogP contribution in [0.1, 0.15) is 30.1 Å². The predicted molar refractivity (Wildman–Crippen MR) is 130 cm³/mol. The van der Waals surface area contributed by atoms with Crippen LogP contribution in [0.15, 0.2) is 41.3 Å². The Morgan fingerprint density at radius 2 is 1.89 bits per heavy atom. The van der Waals surface area contributed by atoms with Crippen LogP contribution < -0.4 is 10.9 Å². The highest BCUT2D eigenvalue weighted by Crippen LogP contribution is 2.35. The van der Waals surface area contributed by atoms with Crippen molar-refractivity contribution in [2.75, 3.05) is 32.8 Å². The first-order valence-electron chi connectivity index (χ1n) is 12.0. The summed E-state index contributed by atoms with van der Waals surface area (Å²) in [6, 6.07) is 7.54. The van der Waals surface area contributed by atoms with Gasteiger partial charge in [-0.3, -0.25) is 19.1 Å². The van der Waals surface area contributed by atoms with Crippen LogP contribution in [0.2, 0.25) is 0 Å². The summed E-state index contributed by atoms with van der Waals surface area (Å²) in [5, 5.41) is 14.5. The molecule has 3 heterocycles. The van der Waals surface area contributed by atoms with E-state index >= 15 is 0 Å². The summed E-state index contributed by atoms with van der Waals surface area (Å²) in [7, 11) is 0. The summed E-state index contributed by atoms with van der Waals surface area (Å²) in [6.45, 7) is 5.76. The molecular formula is C26H29FN4O4. The van der Waals surface area contributed by atoms with Gasteiger partial charge >= 0.3 is 0 Å². The van der Waals surface area contributed by atoms with Crippen LogP contribution in [-0.2, 0) is 11.3 Å². The van der Waals surface area contributed by atoms with Crippen molar-refractivity contribution < 1.29 is 19.0 Å². The van der Waals surface area contributed by atoms with Gasteiger partial charge in [0.05, 0.1) is 18.6 Å². The molecule has 1 amide bonds. The van der Waals surface area contributed by atoms with Crippen molar-refractivity contribution in [2.24, 2.45) is 5.92 Å². The lowest BCUT2D eigenvalue weighted by molar-refractivity contribution is 0.0364. The summed E-state index contributed by atoms with van der Waals surface area (Å²) in [5.74, 6) is -0.844. The average molecular weight is 481 g/mol. The van der Waals surface area contributed by atoms with E-state index in [0.29, 0.717) is 48.7 Å². The number of carbonyl (C=O) groups is 1. The minimum absolute atomic E-state index is 0.0146. The van der Waals surface area contributed by atoms with Gasteiger partial charge in [-0.15, -0.1) is 0 Å². The molecule has 2 N–H and O–H groups in total. The number of morpholine rings is 1. The maximum absolute atomic E-state index is 13.6. The molecule has 184 valence electrons. The van der Waals surface area contributed by atoms with E-state index in [4.69, 9.17) is 4.74 Å². The molecule has 35 heavy (non-hydrogen) atoms. The Balaban J connectivity index is 1.62. The van der Waals surface area contributed by atoms with Crippen molar-refractivity contribution in [2.45, 2.75) is 32.4 Å². The van der Waals surface area contributed by atoms with Crippen molar-refractivity contribution in [3.8, 4) is 16.9 Å². The second-order valence-electron chi connectivity index (χ2n) is 9.45. The SMILES string of the molecule is CC1CC(NC(=O)c2c(O)c3c(-c4ccc(F)cc4)ccnc3n(CCN3CCOCC3)c2=O)C1. The van der Waals surface area contributed by atoms with Gasteiger partial charge in [0.1, 0.15) is 22.8 Å². The van der Waals surface area contributed by atoms with Crippen LogP contribution in [-0.4, -0.2) is 64.4 Å². The Kier molecular flexibility index (Phi) is 6.53. The third-order valence-electron chi connectivity index (χ3n) is 6.95. The molecule has 0 atom stereocenters. The molecule has 0 unspecified atom stereocenters. The first-order valence-corrected chi connectivity index (χ1v) is 12.0. The zero-order valence-electron chi connectivity index (χ0n) is 19.7. The number of nitrogens with zero attached hydrogens (tertiary/aromatic N) is 3. The van der Waals surface area contributed by atoms with Crippen molar-refractivity contribution in [3.05, 3.63) is 58.3 Å². The number of aromatic nitrogens is 2. The van der Waals surface area contributed by atoms with E-state index in [1.54, 1.807) is 24.4 Å². The van der Waals surface area contributed by atoms with Gasteiger partial charge in [-0.25, -0.2) is 9.37 Å². The summed E-state index contributed by atoms with van der Waals surface area (Å²) >= 11 is 0. The quantitative estimate of drug-likeness (QED) is 0.563. The number of hydrogen-bond donors (Lipinski definition) is 2. The summed E-state index contributed by atoms with van der Waals surface area (Å²) < 4.78 is 20.5. The van der Waals surface area contributed by atoms with Gasteiger partial charge in [-0.1, -0.05) is 19.1 Å². The van der Waals surface area contributed by atoms with Crippen LogP contribution in [0, 0.1) is 11.7 Å². The number of benzene rings is 1. The first kappa shape index (κ1) is 23.4. The smallest absolute Gasteiger partial charge is 0.268 e. The van der Waals surface area contributed by atoms with E-state index in [-0.39, 0.29) is 23.1 Å². The van der Waals surface area contributed by atoms with Crippen LogP contribution in [0.5, 0.6) is 5.75 Å². The van der Waals surface area contributed by atoms with Crippen LogP contribution in [0.3, 0.4) is 0 Å². The van der Waals surface area contributed by atoms with E-state index in [9.17, 15) is 19.1 Å². The number of carbonyl (C=O) groups excluding carboxylic acids is 1. The van der Waals surface area contributed by atoms with E-state index in [0.717, 1.165) is 25.9 Å². The van der Waals surface area contributed by atoms with Gasteiger partial charge in [-0.05, 0) is 48.1 Å². The van der Waals surface area contributed by atoms with Crippen LogP contribution in [0.25, 0.3) is 22.2 Å². The number of ether oxygens (including phenoxy) is 1. The van der Waals surface area contributed by atoms with Crippen LogP contribution >= 0.6 is 0 Å². The first-order chi connectivity index (χ1) is 16.9. The molecule has 1 saturated heterocycles. The number of nitrogens with one attached hydrogen (secondary N) is 1. The van der Waals surface area contributed by atoms with Gasteiger partial charge in [0.25, 0.3) is 11.5 Å². The van der Waals surface area contributed by atoms with Crippen molar-refractivity contribution in [3.63, 3.8) is 0 Å². The highest BCUT2D eigenvalue weighted by Gasteiger charge is 2.31. The predicted octanol–water partition coefficient (Wildman–Crippen LogP) is 2.77. The number of pyridine rings is 2. The highest BCUT2D eigenvalue weighted by molar-refractivity contribution is 6.06. The second-order valence-corrected chi connectivity index (χ2v) is 9.45. The van der Waals surface area contributed by atoms with Gasteiger partial charge in [0.2, 0.25) is 0 Å². The number of halogens is 1. The Morgan fingerprint density at radius 1 is 1.17 bits per heavy atom. The molecule has 9 heteroatoms. The van der Waals surface area contributed by atoms with Gasteiger partial charge in [0.15, 0.2) is 0 Å². The molecule has 2 aromatic heterocycles. The minimum Gasteiger partial charge on any atom is -0.506 e. The fraction of sp³-hybridized carbons (Fsp3) is 0.423. The van der Waals surface area contributed by atoms with E-state index in [2.05, 4.69) is 22.1 Å². The van der Waals surface area contributed by atoms with Crippen LogP contribution in [0.4, 0.5) is 4.39 Å². The number of fused-ring (bicyclic) bond motifs is 1. The zero-order chi connectivity index (χ0) is 24.5. The lowest BCUT2D eigenvalue weighted by Crippen LogP contribution is -2.45. The van der Waals surface area contributed by atoms with E-state index < -0.39 is 17.2 Å². The van der Waals surface area contributed by atoms with Crippen molar-refractivity contribution in [1.82, 2.24) is 19.8 Å². The molecule has 8 nitrogen and oxygen atoms in total. The van der Waals surface area contributed by atoms with Gasteiger partial charge in [-0.2, -0.15) is 0 Å². The molecule has 0 radical (unpaired) electrons. The normalized spacial score (nSPS) is 20.5. The Labute approximate surface area is 202 Å². The summed E-state index contributed by atoms with van der Waals surface area (Å²) in [6.07, 6.45) is 3.24. The van der Waals surface area contributed by atoms with Gasteiger partial charge < -0.3 is 15.2 Å². The average Bonchev–Trinajstić information content (AvgIpc) is 2.84. The third kappa shape index (κ3) is 4.66. The largest absolute Gasteiger partial charge is 0.506 e. The second kappa shape index (κ2) is 9.75. The minimum atomic E-state index is -0.583. The maximum atomic E-state index is 13.6. The monoisotopic (exact) mass is 480 g/mol. The van der Waals surface area contributed by atoms with Crippen molar-refractivity contribution in [1.29, 1.82) is 0 Å². The standard InChI is InChI=1S/C26H29FN4O4/c1-16-14-19(15-16)29-25(33)22-23(32)21-20(17-2-4-18(27)5-3-17)6-7-28-24(21)31(26(22)34)9-8-30-10-12-35-13-11-30/h2-7,16,19,32H,8-15H2,1H3,(H,29,33). The molecule has 2 aliphatic rings. The number of hydrogen-bond acceptors (Lipinski definition) is 6. The molecular weight excluding hydrogens is 451 g/mol. The lowest BCUT2D eigenvalue weighted by Gasteiger charge is -2.33. The zero-order valence-corrected chi connectivity index (χ0v) is 19.7. The molecule has 0 spiro atoms. The molecule has 1 saturated carbocycles. The highest BCUT2D eigenvalue weighted by atomic mass is 19.1. The number of amides is 1. The Morgan fingerprint density at radius 3 is 2.57 bits per heavy atom. The topological polar surface area (TPSA) is 96.7 Å². The maximum Gasteiger partial charge on any atom is 0.268 e. The fourth-order valence-electron chi connectivity index (χ4n) is 4.97. The Bertz CT molecular complexity index is 1300. The molecule has 0 bridgehead atoms. The number of rotatable bonds is 6. The summed E-state index contributed by atoms with van der Waals surface area (Å²) in [5.41, 5.74) is 0.647. The van der Waals surface area contributed by atoms with E-state index in [1.165, 1.54) is 16.7 Å². The Hall–Kier alpha value is -3.30. The third-order valence-corrected chi connectivity index (χ3v) is 6.95. The van der Waals surface area contributed by atoms with Gasteiger partial charge in [0, 0.05) is 38.4 Å².